The summed E-state index contributed by atoms with van der Waals surface area (Å²) < 4.78 is 0. The zero-order chi connectivity index (χ0) is 15.6. The predicted molar refractivity (Wildman–Crippen MR) is 74.2 cm³/mol. The maximum Gasteiger partial charge on any atom is 0.324 e. The Labute approximate surface area is 119 Å². The van der Waals surface area contributed by atoms with E-state index in [4.69, 9.17) is 5.11 Å². The molecule has 1 rings (SSSR count). The van der Waals surface area contributed by atoms with Gasteiger partial charge in [0, 0.05) is 19.5 Å². The first-order chi connectivity index (χ1) is 9.03. The minimum absolute atomic E-state index is 0.0545. The topological polar surface area (TPSA) is 86.7 Å². The molecule has 20 heavy (non-hydrogen) atoms. The lowest BCUT2D eigenvalue weighted by atomic mass is 9.84. The molecule has 0 aliphatic carbocycles. The van der Waals surface area contributed by atoms with Crippen LogP contribution in [0.1, 0.15) is 47.0 Å². The molecule has 1 fully saturated rings. The largest absolute Gasteiger partial charge is 0.481 e. The first-order valence-electron chi connectivity index (χ1n) is 6.86. The van der Waals surface area contributed by atoms with Crippen LogP contribution in [-0.2, 0) is 9.59 Å². The predicted octanol–water partition coefficient (Wildman–Crippen LogP) is 1.85. The van der Waals surface area contributed by atoms with Crippen LogP contribution >= 0.6 is 0 Å². The molecule has 1 aliphatic rings. The monoisotopic (exact) mass is 284 g/mol. The van der Waals surface area contributed by atoms with Crippen LogP contribution in [0.3, 0.4) is 0 Å². The number of hydrogen-bond acceptors (Lipinski definition) is 3. The molecule has 0 bridgehead atoms. The molecule has 0 atom stereocenters. The smallest absolute Gasteiger partial charge is 0.324 e. The Kier molecular flexibility index (Phi) is 4.78. The Morgan fingerprint density at radius 1 is 1.30 bits per heavy atom. The van der Waals surface area contributed by atoms with E-state index < -0.39 is 23.3 Å². The van der Waals surface area contributed by atoms with Gasteiger partial charge in [-0.25, -0.2) is 4.79 Å². The molecule has 0 aromatic carbocycles. The highest BCUT2D eigenvalue weighted by atomic mass is 16.4. The van der Waals surface area contributed by atoms with Crippen LogP contribution < -0.4 is 5.32 Å². The van der Waals surface area contributed by atoms with E-state index in [2.05, 4.69) is 19.2 Å². The molecule has 114 valence electrons. The lowest BCUT2D eigenvalue weighted by Gasteiger charge is -2.37. The number of amides is 3. The van der Waals surface area contributed by atoms with Gasteiger partial charge < -0.3 is 10.0 Å². The summed E-state index contributed by atoms with van der Waals surface area (Å²) in [5, 5.41) is 11.2. The fourth-order valence-electron chi connectivity index (χ4n) is 2.32. The Balaban J connectivity index is 2.54. The SMILES string of the molecule is CC1(C)CCCN(C(=O)NC(=O)CC(C)(C)C(=O)O)C1. The molecular formula is C14H24N2O4. The minimum atomic E-state index is -1.18. The van der Waals surface area contributed by atoms with Gasteiger partial charge in [0.25, 0.3) is 0 Å². The van der Waals surface area contributed by atoms with E-state index in [-0.39, 0.29) is 11.8 Å². The molecule has 1 saturated heterocycles. The van der Waals surface area contributed by atoms with E-state index in [0.717, 1.165) is 12.8 Å². The van der Waals surface area contributed by atoms with E-state index in [1.807, 2.05) is 0 Å². The molecule has 0 saturated carbocycles. The number of piperidine rings is 1. The van der Waals surface area contributed by atoms with Gasteiger partial charge >= 0.3 is 12.0 Å². The van der Waals surface area contributed by atoms with Crippen LogP contribution in [0.4, 0.5) is 4.79 Å². The van der Waals surface area contributed by atoms with Crippen molar-refractivity contribution in [3.63, 3.8) is 0 Å². The Morgan fingerprint density at radius 3 is 2.40 bits per heavy atom. The van der Waals surface area contributed by atoms with Crippen LogP contribution in [0, 0.1) is 10.8 Å². The second-order valence-electron chi connectivity index (χ2n) is 6.91. The standard InChI is InChI=1S/C14H24N2O4/c1-13(2)6-5-7-16(9-13)12(20)15-10(17)8-14(3,4)11(18)19/h5-9H2,1-4H3,(H,18,19)(H,15,17,20). The number of carbonyl (C=O) groups is 3. The van der Waals surface area contributed by atoms with Crippen molar-refractivity contribution in [2.24, 2.45) is 10.8 Å². The maximum atomic E-state index is 12.0. The number of rotatable bonds is 3. The number of urea groups is 1. The number of carboxylic acids is 1. The lowest BCUT2D eigenvalue weighted by Crippen LogP contribution is -2.50. The summed E-state index contributed by atoms with van der Waals surface area (Å²) in [6.07, 6.45) is 1.75. The summed E-state index contributed by atoms with van der Waals surface area (Å²) in [6.45, 7) is 8.33. The third kappa shape index (κ3) is 4.51. The number of imide groups is 1. The van der Waals surface area contributed by atoms with Gasteiger partial charge in [-0.15, -0.1) is 0 Å². The molecule has 0 spiro atoms. The van der Waals surface area contributed by atoms with Crippen molar-refractivity contribution in [2.45, 2.75) is 47.0 Å². The van der Waals surface area contributed by atoms with Gasteiger partial charge in [0.15, 0.2) is 0 Å². The number of nitrogens with zero attached hydrogens (tertiary/aromatic N) is 1. The van der Waals surface area contributed by atoms with E-state index in [0.29, 0.717) is 13.1 Å². The number of aliphatic carboxylic acids is 1. The zero-order valence-electron chi connectivity index (χ0n) is 12.7. The average Bonchev–Trinajstić information content (AvgIpc) is 2.26. The van der Waals surface area contributed by atoms with Crippen LogP contribution in [0.5, 0.6) is 0 Å². The van der Waals surface area contributed by atoms with Crippen molar-refractivity contribution in [2.75, 3.05) is 13.1 Å². The third-order valence-electron chi connectivity index (χ3n) is 3.62. The Bertz CT molecular complexity index is 415. The molecule has 0 radical (unpaired) electrons. The van der Waals surface area contributed by atoms with Gasteiger partial charge in [-0.1, -0.05) is 13.8 Å². The van der Waals surface area contributed by atoms with Gasteiger partial charge in [0.2, 0.25) is 5.91 Å². The van der Waals surface area contributed by atoms with Gasteiger partial charge in [0.05, 0.1) is 5.41 Å². The van der Waals surface area contributed by atoms with Crippen LogP contribution in [0.2, 0.25) is 0 Å². The first kappa shape index (κ1) is 16.5. The Morgan fingerprint density at radius 2 is 1.90 bits per heavy atom. The van der Waals surface area contributed by atoms with Crippen LogP contribution in [-0.4, -0.2) is 41.0 Å². The molecule has 3 amide bonds. The van der Waals surface area contributed by atoms with Gasteiger partial charge in [-0.05, 0) is 32.1 Å². The molecule has 2 N–H and O–H groups in total. The number of hydrogen-bond donors (Lipinski definition) is 2. The number of nitrogens with one attached hydrogen (secondary N) is 1. The normalized spacial score (nSPS) is 18.5. The quantitative estimate of drug-likeness (QED) is 0.828. The van der Waals surface area contributed by atoms with Crippen molar-refractivity contribution >= 4 is 17.9 Å². The maximum absolute atomic E-state index is 12.0. The second kappa shape index (κ2) is 5.81. The van der Waals surface area contributed by atoms with E-state index in [1.54, 1.807) is 4.90 Å². The van der Waals surface area contributed by atoms with Gasteiger partial charge in [-0.3, -0.25) is 14.9 Å². The number of carboxylic acid groups (broad SMARTS) is 1. The van der Waals surface area contributed by atoms with E-state index >= 15 is 0 Å². The minimum Gasteiger partial charge on any atom is -0.481 e. The summed E-state index contributed by atoms with van der Waals surface area (Å²) >= 11 is 0. The first-order valence-corrected chi connectivity index (χ1v) is 6.86. The molecule has 1 heterocycles. The highest BCUT2D eigenvalue weighted by molar-refractivity contribution is 5.96. The van der Waals surface area contributed by atoms with Crippen molar-refractivity contribution in [1.29, 1.82) is 0 Å². The highest BCUT2D eigenvalue weighted by Gasteiger charge is 2.33. The van der Waals surface area contributed by atoms with Crippen molar-refractivity contribution in [3.8, 4) is 0 Å². The molecule has 1 aliphatic heterocycles. The molecular weight excluding hydrogens is 260 g/mol. The summed E-state index contributed by atoms with van der Waals surface area (Å²) in [5.74, 6) is -1.61. The summed E-state index contributed by atoms with van der Waals surface area (Å²) in [7, 11) is 0. The Hall–Kier alpha value is -1.59. The van der Waals surface area contributed by atoms with Gasteiger partial charge in [-0.2, -0.15) is 0 Å². The molecule has 0 unspecified atom stereocenters. The van der Waals surface area contributed by atoms with Crippen LogP contribution in [0.15, 0.2) is 0 Å². The zero-order valence-corrected chi connectivity index (χ0v) is 12.7. The molecule has 6 nitrogen and oxygen atoms in total. The van der Waals surface area contributed by atoms with Crippen LogP contribution in [0.25, 0.3) is 0 Å². The van der Waals surface area contributed by atoms with Gasteiger partial charge in [0.1, 0.15) is 0 Å². The molecule has 0 aromatic heterocycles. The number of carbonyl (C=O) groups excluding carboxylic acids is 2. The highest BCUT2D eigenvalue weighted by Crippen LogP contribution is 2.28. The molecule has 6 heteroatoms. The fraction of sp³-hybridized carbons (Fsp3) is 0.786. The van der Waals surface area contributed by atoms with Crippen molar-refractivity contribution in [3.05, 3.63) is 0 Å². The second-order valence-corrected chi connectivity index (χ2v) is 6.91. The third-order valence-corrected chi connectivity index (χ3v) is 3.62. The summed E-state index contributed by atoms with van der Waals surface area (Å²) in [4.78, 5) is 36.3. The average molecular weight is 284 g/mol. The fourth-order valence-corrected chi connectivity index (χ4v) is 2.32. The van der Waals surface area contributed by atoms with Crippen molar-refractivity contribution in [1.82, 2.24) is 10.2 Å². The van der Waals surface area contributed by atoms with E-state index in [1.165, 1.54) is 13.8 Å². The number of likely N-dealkylation sites (tertiary alicyclic amines) is 1. The lowest BCUT2D eigenvalue weighted by molar-refractivity contribution is -0.149. The molecule has 0 aromatic rings. The summed E-state index contributed by atoms with van der Waals surface area (Å²) in [6, 6.07) is -0.427. The van der Waals surface area contributed by atoms with E-state index in [9.17, 15) is 14.4 Å². The summed E-state index contributed by atoms with van der Waals surface area (Å²) in [5.41, 5.74) is -1.12. The van der Waals surface area contributed by atoms with Crippen molar-refractivity contribution < 1.29 is 19.5 Å².